The minimum atomic E-state index is -0.0759. The van der Waals surface area contributed by atoms with Gasteiger partial charge in [-0.15, -0.1) is 11.3 Å². The van der Waals surface area contributed by atoms with Crippen LogP contribution in [-0.4, -0.2) is 87.9 Å². The summed E-state index contributed by atoms with van der Waals surface area (Å²) in [6.45, 7) is 7.22. The van der Waals surface area contributed by atoms with Gasteiger partial charge in [-0.2, -0.15) is 4.98 Å². The molecule has 0 aliphatic carbocycles. The summed E-state index contributed by atoms with van der Waals surface area (Å²) in [5.41, 5.74) is 2.77. The van der Waals surface area contributed by atoms with Gasteiger partial charge in [0.05, 0.1) is 16.3 Å². The van der Waals surface area contributed by atoms with E-state index in [-0.39, 0.29) is 11.7 Å². The number of likely N-dealkylation sites (N-methyl/N-ethyl adjacent to an activating group) is 2. The molecule has 6 rings (SSSR count). The van der Waals surface area contributed by atoms with Gasteiger partial charge in [0.15, 0.2) is 0 Å². The molecule has 0 saturated carbocycles. The highest BCUT2D eigenvalue weighted by Gasteiger charge is 2.26. The van der Waals surface area contributed by atoms with Gasteiger partial charge in [-0.1, -0.05) is 11.9 Å². The summed E-state index contributed by atoms with van der Waals surface area (Å²) in [6, 6.07) is 9.73. The van der Waals surface area contributed by atoms with E-state index in [1.165, 1.54) is 0 Å². The van der Waals surface area contributed by atoms with Crippen LogP contribution in [0.2, 0.25) is 0 Å². The largest absolute Gasteiger partial charge is 0.489 e. The van der Waals surface area contributed by atoms with Crippen molar-refractivity contribution in [2.45, 2.75) is 38.3 Å². The quantitative estimate of drug-likeness (QED) is 0.254. The van der Waals surface area contributed by atoms with Crippen LogP contribution in [0, 0.1) is 6.92 Å². The number of hydrogen-bond donors (Lipinski definition) is 2. The molecule has 0 bridgehead atoms. The normalized spacial score (nSPS) is 19.3. The standard InChI is InChI=1S/C30H38N8O2S2/c1-19-26(34-28(42-19)20-10-12-36(2)18-20)25-15-21-16-32-30(35-27(21)38(29(25)39)14-13-37(3)41-4)33-22-5-7-23(8-6-22)40-24-9-11-31-17-24/h5-8,15-16,20,24,31H,9-14,17-18H2,1-4H3,(H,32,33,35). The van der Waals surface area contributed by atoms with Crippen molar-refractivity contribution in [3.63, 3.8) is 0 Å². The van der Waals surface area contributed by atoms with Crippen molar-refractivity contribution in [2.24, 2.45) is 0 Å². The second-order valence-corrected chi connectivity index (χ2v) is 13.3. The van der Waals surface area contributed by atoms with Crippen molar-refractivity contribution in [1.29, 1.82) is 0 Å². The van der Waals surface area contributed by atoms with Gasteiger partial charge in [0, 0.05) is 54.2 Å². The van der Waals surface area contributed by atoms with Crippen LogP contribution in [0.25, 0.3) is 22.3 Å². The number of nitrogens with one attached hydrogen (secondary N) is 2. The number of likely N-dealkylation sites (tertiary alicyclic amines) is 1. The molecule has 5 heterocycles. The number of ether oxygens (including phenoxy) is 1. The summed E-state index contributed by atoms with van der Waals surface area (Å²) >= 11 is 3.35. The van der Waals surface area contributed by atoms with E-state index < -0.39 is 0 Å². The second-order valence-electron chi connectivity index (χ2n) is 11.1. The number of nitrogens with zero attached hydrogens (tertiary/aromatic N) is 6. The lowest BCUT2D eigenvalue weighted by Gasteiger charge is -2.17. The Hall–Kier alpha value is -3.03. The van der Waals surface area contributed by atoms with Crippen LogP contribution in [0.4, 0.5) is 11.6 Å². The lowest BCUT2D eigenvalue weighted by molar-refractivity contribution is 0.223. The minimum Gasteiger partial charge on any atom is -0.489 e. The Kier molecular flexibility index (Phi) is 8.77. The number of anilines is 2. The van der Waals surface area contributed by atoms with Crippen LogP contribution in [0.15, 0.2) is 41.3 Å². The van der Waals surface area contributed by atoms with Crippen molar-refractivity contribution in [2.75, 3.05) is 58.4 Å². The van der Waals surface area contributed by atoms with Crippen molar-refractivity contribution < 1.29 is 4.74 Å². The van der Waals surface area contributed by atoms with Crippen molar-refractivity contribution in [3.8, 4) is 17.0 Å². The highest BCUT2D eigenvalue weighted by Crippen LogP contribution is 2.35. The van der Waals surface area contributed by atoms with Crippen molar-refractivity contribution in [1.82, 2.24) is 34.0 Å². The smallest absolute Gasteiger partial charge is 0.261 e. The molecule has 0 spiro atoms. The Morgan fingerprint density at radius 1 is 1.24 bits per heavy atom. The summed E-state index contributed by atoms with van der Waals surface area (Å²) in [6.07, 6.45) is 6.15. The van der Waals surface area contributed by atoms with E-state index in [2.05, 4.69) is 38.8 Å². The third-order valence-electron chi connectivity index (χ3n) is 8.01. The molecule has 2 N–H and O–H groups in total. The maximum Gasteiger partial charge on any atom is 0.261 e. The zero-order valence-corrected chi connectivity index (χ0v) is 26.2. The third-order valence-corrected chi connectivity index (χ3v) is 9.95. The van der Waals surface area contributed by atoms with Gasteiger partial charge < -0.3 is 20.3 Å². The third kappa shape index (κ3) is 6.32. The molecule has 2 fully saturated rings. The monoisotopic (exact) mass is 606 g/mol. The fraction of sp³-hybridized carbons (Fsp3) is 0.467. The minimum absolute atomic E-state index is 0.0759. The van der Waals surface area contributed by atoms with E-state index in [9.17, 15) is 4.79 Å². The van der Waals surface area contributed by atoms with Gasteiger partial charge in [0.2, 0.25) is 5.95 Å². The van der Waals surface area contributed by atoms with Crippen LogP contribution < -0.4 is 20.9 Å². The number of benzene rings is 1. The molecule has 2 atom stereocenters. The molecule has 42 heavy (non-hydrogen) atoms. The molecule has 12 heteroatoms. The van der Waals surface area contributed by atoms with Gasteiger partial charge in [-0.05, 0) is 83.5 Å². The molecule has 0 radical (unpaired) electrons. The Morgan fingerprint density at radius 2 is 2.07 bits per heavy atom. The molecule has 4 aromatic rings. The molecule has 2 saturated heterocycles. The zero-order valence-electron chi connectivity index (χ0n) is 24.6. The number of hydrogen-bond acceptors (Lipinski definition) is 11. The van der Waals surface area contributed by atoms with Crippen molar-refractivity contribution >= 4 is 46.0 Å². The fourth-order valence-electron chi connectivity index (χ4n) is 5.57. The molecule has 222 valence electrons. The Morgan fingerprint density at radius 3 is 2.79 bits per heavy atom. The Balaban J connectivity index is 1.31. The SMILES string of the molecule is CSN(C)CCn1c(=O)c(-c2nc(C3CCN(C)C3)sc2C)cc2cnc(Nc3ccc(OC4CCNC4)cc3)nc21. The molecule has 2 aliphatic rings. The lowest BCUT2D eigenvalue weighted by atomic mass is 10.1. The van der Waals surface area contributed by atoms with E-state index in [1.807, 2.05) is 43.6 Å². The van der Waals surface area contributed by atoms with E-state index in [4.69, 9.17) is 14.7 Å². The fourth-order valence-corrected chi connectivity index (χ4v) is 6.90. The summed E-state index contributed by atoms with van der Waals surface area (Å²) in [7, 11) is 4.17. The number of thiazole rings is 1. The van der Waals surface area contributed by atoms with Gasteiger partial charge in [-0.25, -0.2) is 9.97 Å². The molecular formula is C30H38N8O2S2. The molecular weight excluding hydrogens is 569 g/mol. The first-order valence-corrected chi connectivity index (χ1v) is 16.4. The average molecular weight is 607 g/mol. The topological polar surface area (TPSA) is 100 Å². The molecule has 10 nitrogen and oxygen atoms in total. The number of pyridine rings is 1. The number of rotatable bonds is 10. The van der Waals surface area contributed by atoms with Gasteiger partial charge in [0.1, 0.15) is 17.5 Å². The molecule has 1 aromatic carbocycles. The summed E-state index contributed by atoms with van der Waals surface area (Å²) in [5.74, 6) is 1.70. The zero-order chi connectivity index (χ0) is 29.2. The van der Waals surface area contributed by atoms with Crippen LogP contribution >= 0.6 is 23.3 Å². The van der Waals surface area contributed by atoms with E-state index in [0.29, 0.717) is 36.2 Å². The molecule has 3 aromatic heterocycles. The van der Waals surface area contributed by atoms with Gasteiger partial charge in [0.25, 0.3) is 5.56 Å². The number of aromatic nitrogens is 4. The number of fused-ring (bicyclic) bond motifs is 1. The average Bonchev–Trinajstić information content (AvgIpc) is 3.75. The predicted octanol–water partition coefficient (Wildman–Crippen LogP) is 4.34. The maximum absolute atomic E-state index is 14.1. The van der Waals surface area contributed by atoms with Gasteiger partial charge >= 0.3 is 0 Å². The maximum atomic E-state index is 14.1. The van der Waals surface area contributed by atoms with Gasteiger partial charge in [-0.3, -0.25) is 13.7 Å². The van der Waals surface area contributed by atoms with Crippen LogP contribution in [-0.2, 0) is 6.54 Å². The molecule has 0 amide bonds. The first-order valence-electron chi connectivity index (χ1n) is 14.4. The van der Waals surface area contributed by atoms with E-state index in [0.717, 1.165) is 71.4 Å². The van der Waals surface area contributed by atoms with Crippen LogP contribution in [0.1, 0.15) is 28.6 Å². The predicted molar refractivity (Wildman–Crippen MR) is 172 cm³/mol. The summed E-state index contributed by atoms with van der Waals surface area (Å²) in [5, 5.41) is 8.55. The first-order chi connectivity index (χ1) is 20.4. The molecule has 2 aliphatic heterocycles. The Labute approximate surface area is 254 Å². The molecule has 2 unspecified atom stereocenters. The summed E-state index contributed by atoms with van der Waals surface area (Å²) in [4.78, 5) is 31.9. The Bertz CT molecular complexity index is 1600. The van der Waals surface area contributed by atoms with Crippen molar-refractivity contribution in [3.05, 3.63) is 56.8 Å². The second kappa shape index (κ2) is 12.7. The van der Waals surface area contributed by atoms with Crippen LogP contribution in [0.5, 0.6) is 5.75 Å². The lowest BCUT2D eigenvalue weighted by Crippen LogP contribution is -2.28. The van der Waals surface area contributed by atoms with E-state index in [1.54, 1.807) is 34.0 Å². The first kappa shape index (κ1) is 29.1. The summed E-state index contributed by atoms with van der Waals surface area (Å²) < 4.78 is 9.93. The highest BCUT2D eigenvalue weighted by molar-refractivity contribution is 7.96. The van der Waals surface area contributed by atoms with Crippen LogP contribution in [0.3, 0.4) is 0 Å². The highest BCUT2D eigenvalue weighted by atomic mass is 32.2. The number of aryl methyl sites for hydroxylation is 1. The van der Waals surface area contributed by atoms with E-state index >= 15 is 0 Å².